The molecule has 0 saturated carbocycles. The molecule has 1 amide bonds. The van der Waals surface area contributed by atoms with Gasteiger partial charge in [-0.1, -0.05) is 16.8 Å². The Labute approximate surface area is 90.1 Å². The van der Waals surface area contributed by atoms with Crippen molar-refractivity contribution in [2.45, 2.75) is 0 Å². The highest BCUT2D eigenvalue weighted by atomic mass is 35.5. The number of rotatable bonds is 2. The molecule has 0 bridgehead atoms. The Kier molecular flexibility index (Phi) is 2.64. The Morgan fingerprint density at radius 1 is 1.47 bits per heavy atom. The van der Waals surface area contributed by atoms with Crippen molar-refractivity contribution < 1.29 is 9.32 Å². The molecule has 2 heterocycles. The van der Waals surface area contributed by atoms with Crippen LogP contribution in [0.15, 0.2) is 35.3 Å². The fraction of sp³-hybridized carbons (Fsp3) is 0. The van der Waals surface area contributed by atoms with Gasteiger partial charge in [0.1, 0.15) is 6.26 Å². The summed E-state index contributed by atoms with van der Waals surface area (Å²) in [6.45, 7) is 0. The minimum atomic E-state index is -0.390. The molecule has 5 nitrogen and oxygen atoms in total. The molecule has 76 valence electrons. The Bertz CT molecular complexity index is 470. The maximum atomic E-state index is 11.5. The van der Waals surface area contributed by atoms with E-state index in [1.165, 1.54) is 24.7 Å². The lowest BCUT2D eigenvalue weighted by atomic mass is 10.3. The second-order valence-corrected chi connectivity index (χ2v) is 3.10. The summed E-state index contributed by atoms with van der Waals surface area (Å²) >= 11 is 5.83. The molecule has 1 N–H and O–H groups in total. The maximum absolute atomic E-state index is 11.5. The molecule has 6 heteroatoms. The highest BCUT2D eigenvalue weighted by Crippen LogP contribution is 2.19. The fourth-order valence-corrected chi connectivity index (χ4v) is 1.14. The van der Waals surface area contributed by atoms with Crippen LogP contribution in [-0.2, 0) is 0 Å². The average Bonchev–Trinajstić information content (AvgIpc) is 2.74. The average molecular weight is 224 g/mol. The summed E-state index contributed by atoms with van der Waals surface area (Å²) in [6.07, 6.45) is 4.31. The van der Waals surface area contributed by atoms with E-state index in [-0.39, 0.29) is 5.69 Å². The zero-order valence-corrected chi connectivity index (χ0v) is 8.23. The van der Waals surface area contributed by atoms with E-state index < -0.39 is 5.91 Å². The Balaban J connectivity index is 2.17. The van der Waals surface area contributed by atoms with Crippen LogP contribution in [0.2, 0.25) is 5.02 Å². The number of carbonyl (C=O) groups excluding carboxylic acids is 1. The molecule has 0 fully saturated rings. The molecule has 0 radical (unpaired) electrons. The van der Waals surface area contributed by atoms with Crippen LogP contribution >= 0.6 is 11.6 Å². The lowest BCUT2D eigenvalue weighted by Gasteiger charge is -2.03. The molecule has 0 atom stereocenters. The molecule has 0 aliphatic rings. The van der Waals surface area contributed by atoms with Crippen LogP contribution in [0.4, 0.5) is 5.69 Å². The van der Waals surface area contributed by atoms with Gasteiger partial charge in [-0.25, -0.2) is 0 Å². The summed E-state index contributed by atoms with van der Waals surface area (Å²) in [5.41, 5.74) is 0.627. The highest BCUT2D eigenvalue weighted by Gasteiger charge is 2.10. The first-order valence-corrected chi connectivity index (χ1v) is 4.46. The number of aromatic nitrogens is 2. The third-order valence-corrected chi connectivity index (χ3v) is 2.02. The van der Waals surface area contributed by atoms with Gasteiger partial charge in [0.05, 0.1) is 16.9 Å². The van der Waals surface area contributed by atoms with Crippen LogP contribution in [0.1, 0.15) is 10.5 Å². The van der Waals surface area contributed by atoms with Crippen LogP contribution in [0.5, 0.6) is 0 Å². The van der Waals surface area contributed by atoms with Gasteiger partial charge in [0.25, 0.3) is 5.91 Å². The van der Waals surface area contributed by atoms with Crippen LogP contribution < -0.4 is 5.32 Å². The molecule has 0 spiro atoms. The normalized spacial score (nSPS) is 9.93. The molecule has 0 unspecified atom stereocenters. The molecule has 2 rings (SSSR count). The van der Waals surface area contributed by atoms with Gasteiger partial charge in [-0.2, -0.15) is 0 Å². The number of nitrogens with one attached hydrogen (secondary N) is 1. The topological polar surface area (TPSA) is 68.0 Å². The van der Waals surface area contributed by atoms with Crippen LogP contribution in [0.25, 0.3) is 0 Å². The van der Waals surface area contributed by atoms with Gasteiger partial charge < -0.3 is 9.84 Å². The number of carbonyl (C=O) groups is 1. The molecular formula is C9H6ClN3O2. The number of amides is 1. The van der Waals surface area contributed by atoms with Crippen LogP contribution in [0, 0.1) is 0 Å². The van der Waals surface area contributed by atoms with Gasteiger partial charge in [0.2, 0.25) is 0 Å². The van der Waals surface area contributed by atoms with E-state index in [4.69, 9.17) is 11.6 Å². The maximum Gasteiger partial charge on any atom is 0.277 e. The van der Waals surface area contributed by atoms with Crippen molar-refractivity contribution in [3.05, 3.63) is 41.5 Å². The number of pyridine rings is 1. The Morgan fingerprint density at radius 2 is 2.33 bits per heavy atom. The van der Waals surface area contributed by atoms with Gasteiger partial charge in [-0.3, -0.25) is 9.78 Å². The van der Waals surface area contributed by atoms with E-state index in [1.807, 2.05) is 0 Å². The quantitative estimate of drug-likeness (QED) is 0.845. The van der Waals surface area contributed by atoms with Gasteiger partial charge in [0.15, 0.2) is 5.69 Å². The first-order chi connectivity index (χ1) is 7.27. The number of hydrogen-bond acceptors (Lipinski definition) is 4. The zero-order valence-electron chi connectivity index (χ0n) is 7.48. The number of nitrogens with zero attached hydrogens (tertiary/aromatic N) is 2. The lowest BCUT2D eigenvalue weighted by Crippen LogP contribution is -2.12. The van der Waals surface area contributed by atoms with Crippen molar-refractivity contribution in [1.82, 2.24) is 10.1 Å². The minimum absolute atomic E-state index is 0.190. The first kappa shape index (κ1) is 9.67. The zero-order chi connectivity index (χ0) is 10.7. The molecule has 0 aliphatic carbocycles. The summed E-state index contributed by atoms with van der Waals surface area (Å²) in [5, 5.41) is 6.47. The Morgan fingerprint density at radius 3 is 3.00 bits per heavy atom. The summed E-state index contributed by atoms with van der Waals surface area (Å²) in [4.78, 5) is 15.3. The van der Waals surface area contributed by atoms with Crippen molar-refractivity contribution >= 4 is 23.2 Å². The predicted molar refractivity (Wildman–Crippen MR) is 53.7 cm³/mol. The van der Waals surface area contributed by atoms with Gasteiger partial charge >= 0.3 is 0 Å². The van der Waals surface area contributed by atoms with Crippen molar-refractivity contribution in [3.63, 3.8) is 0 Å². The lowest BCUT2D eigenvalue weighted by molar-refractivity contribution is 0.101. The predicted octanol–water partition coefficient (Wildman–Crippen LogP) is 1.98. The van der Waals surface area contributed by atoms with Crippen LogP contribution in [-0.4, -0.2) is 16.0 Å². The number of hydrogen-bond donors (Lipinski definition) is 1. The third-order valence-electron chi connectivity index (χ3n) is 1.69. The minimum Gasteiger partial charge on any atom is -0.364 e. The Hall–Kier alpha value is -1.88. The number of anilines is 1. The van der Waals surface area contributed by atoms with E-state index in [9.17, 15) is 4.79 Å². The van der Waals surface area contributed by atoms with Gasteiger partial charge in [-0.05, 0) is 6.07 Å². The van der Waals surface area contributed by atoms with Crippen LogP contribution in [0.3, 0.4) is 0 Å². The summed E-state index contributed by atoms with van der Waals surface area (Å²) < 4.78 is 4.54. The van der Waals surface area contributed by atoms with Gasteiger partial charge in [-0.15, -0.1) is 0 Å². The monoisotopic (exact) mass is 223 g/mol. The highest BCUT2D eigenvalue weighted by molar-refractivity contribution is 6.33. The van der Waals surface area contributed by atoms with E-state index in [0.29, 0.717) is 10.7 Å². The molecule has 0 saturated heterocycles. The smallest absolute Gasteiger partial charge is 0.277 e. The standard InChI is InChI=1S/C9H6ClN3O2/c10-6-1-3-11-5-8(6)12-9(14)7-2-4-15-13-7/h1-5H,(H,12,14). The van der Waals surface area contributed by atoms with E-state index >= 15 is 0 Å². The fourth-order valence-electron chi connectivity index (χ4n) is 0.985. The molecular weight excluding hydrogens is 218 g/mol. The first-order valence-electron chi connectivity index (χ1n) is 4.08. The molecule has 0 aromatic carbocycles. The summed E-state index contributed by atoms with van der Waals surface area (Å²) in [6, 6.07) is 3.04. The third kappa shape index (κ3) is 2.13. The van der Waals surface area contributed by atoms with Crippen molar-refractivity contribution in [3.8, 4) is 0 Å². The molecule has 15 heavy (non-hydrogen) atoms. The van der Waals surface area contributed by atoms with Crippen molar-refractivity contribution in [2.24, 2.45) is 0 Å². The summed E-state index contributed by atoms with van der Waals surface area (Å²) in [5.74, 6) is -0.390. The largest absolute Gasteiger partial charge is 0.364 e. The van der Waals surface area contributed by atoms with E-state index in [0.717, 1.165) is 0 Å². The molecule has 2 aromatic heterocycles. The van der Waals surface area contributed by atoms with Crippen molar-refractivity contribution in [2.75, 3.05) is 5.32 Å². The molecule has 2 aromatic rings. The second kappa shape index (κ2) is 4.10. The molecule has 0 aliphatic heterocycles. The summed E-state index contributed by atoms with van der Waals surface area (Å²) in [7, 11) is 0. The van der Waals surface area contributed by atoms with E-state index in [1.54, 1.807) is 6.07 Å². The van der Waals surface area contributed by atoms with E-state index in [2.05, 4.69) is 20.0 Å². The SMILES string of the molecule is O=C(Nc1cnccc1Cl)c1ccon1. The van der Waals surface area contributed by atoms with Crippen molar-refractivity contribution in [1.29, 1.82) is 0 Å². The number of halogens is 1. The van der Waals surface area contributed by atoms with Gasteiger partial charge in [0, 0.05) is 12.3 Å². The second-order valence-electron chi connectivity index (χ2n) is 2.69.